The molecule has 4 rings (SSSR count). The maximum absolute atomic E-state index is 12.5. The molecule has 0 spiro atoms. The molecule has 1 aliphatic rings. The Bertz CT molecular complexity index is 1110. The normalized spacial score (nSPS) is 13.3. The third kappa shape index (κ3) is 4.11. The maximum Gasteiger partial charge on any atom is 0.261 e. The molecule has 1 aliphatic heterocycles. The first-order valence-electron chi connectivity index (χ1n) is 10.3. The molecular weight excluding hydrogens is 370 g/mol. The van der Waals surface area contributed by atoms with E-state index in [-0.39, 0.29) is 11.8 Å². The van der Waals surface area contributed by atoms with Gasteiger partial charge in [-0.05, 0) is 61.1 Å². The van der Waals surface area contributed by atoms with E-state index in [0.29, 0.717) is 17.7 Å². The molecule has 0 saturated heterocycles. The third-order valence-corrected chi connectivity index (χ3v) is 5.57. The lowest BCUT2D eigenvalue weighted by Crippen LogP contribution is -2.30. The number of benzene rings is 3. The van der Waals surface area contributed by atoms with E-state index in [4.69, 9.17) is 0 Å². The van der Waals surface area contributed by atoms with E-state index in [1.165, 1.54) is 27.2 Å². The zero-order valence-corrected chi connectivity index (χ0v) is 17.4. The van der Waals surface area contributed by atoms with Gasteiger partial charge in [-0.25, -0.2) is 0 Å². The second kappa shape index (κ2) is 8.50. The van der Waals surface area contributed by atoms with Crippen LogP contribution in [0.5, 0.6) is 0 Å². The Balaban J connectivity index is 1.39. The van der Waals surface area contributed by atoms with Crippen LogP contribution in [0.15, 0.2) is 66.7 Å². The van der Waals surface area contributed by atoms with Gasteiger partial charge in [-0.3, -0.25) is 14.5 Å². The summed E-state index contributed by atoms with van der Waals surface area (Å²) >= 11 is 0. The molecule has 0 aliphatic carbocycles. The van der Waals surface area contributed by atoms with Gasteiger partial charge in [0.15, 0.2) is 0 Å². The van der Waals surface area contributed by atoms with Crippen molar-refractivity contribution in [2.45, 2.75) is 26.7 Å². The van der Waals surface area contributed by atoms with Crippen molar-refractivity contribution < 1.29 is 9.59 Å². The second-order valence-corrected chi connectivity index (χ2v) is 7.85. The Morgan fingerprint density at radius 1 is 0.800 bits per heavy atom. The molecule has 0 atom stereocenters. The van der Waals surface area contributed by atoms with Gasteiger partial charge < -0.3 is 0 Å². The minimum atomic E-state index is -0.180. The Hall–Kier alpha value is -3.46. The first-order chi connectivity index (χ1) is 14.5. The highest BCUT2D eigenvalue weighted by atomic mass is 16.2. The summed E-state index contributed by atoms with van der Waals surface area (Å²) in [5.41, 5.74) is 7.12. The monoisotopic (exact) mass is 395 g/mol. The van der Waals surface area contributed by atoms with Crippen LogP contribution in [0.2, 0.25) is 0 Å². The molecule has 0 N–H and O–H groups in total. The van der Waals surface area contributed by atoms with Crippen molar-refractivity contribution >= 4 is 24.0 Å². The number of carbonyl (C=O) groups is 2. The number of hydrogen-bond acceptors (Lipinski definition) is 2. The van der Waals surface area contributed by atoms with Crippen LogP contribution in [0.25, 0.3) is 12.2 Å². The van der Waals surface area contributed by atoms with Crippen molar-refractivity contribution in [3.05, 3.63) is 106 Å². The predicted octanol–water partition coefficient (Wildman–Crippen LogP) is 5.70. The first-order valence-corrected chi connectivity index (χ1v) is 10.3. The minimum Gasteiger partial charge on any atom is -0.274 e. The lowest BCUT2D eigenvalue weighted by molar-refractivity contribution is 0.0652. The number of rotatable bonds is 6. The Morgan fingerprint density at radius 2 is 1.53 bits per heavy atom. The van der Waals surface area contributed by atoms with Gasteiger partial charge in [-0.1, -0.05) is 72.3 Å². The van der Waals surface area contributed by atoms with Crippen LogP contribution in [0, 0.1) is 13.8 Å². The molecule has 150 valence electrons. The zero-order chi connectivity index (χ0) is 21.1. The number of fused-ring (bicyclic) bond motifs is 1. The smallest absolute Gasteiger partial charge is 0.261 e. The topological polar surface area (TPSA) is 37.4 Å². The lowest BCUT2D eigenvalue weighted by atomic mass is 10.0. The number of carbonyl (C=O) groups excluding carboxylic acids is 2. The summed E-state index contributed by atoms with van der Waals surface area (Å²) in [5, 5.41) is 0. The minimum absolute atomic E-state index is 0.180. The number of aryl methyl sites for hydroxylation is 3. The van der Waals surface area contributed by atoms with Crippen LogP contribution in [0.3, 0.4) is 0 Å². The van der Waals surface area contributed by atoms with Crippen molar-refractivity contribution in [3.8, 4) is 0 Å². The molecule has 2 amide bonds. The van der Waals surface area contributed by atoms with Gasteiger partial charge in [0.25, 0.3) is 11.8 Å². The Morgan fingerprint density at radius 3 is 2.27 bits per heavy atom. The molecule has 3 heteroatoms. The summed E-state index contributed by atoms with van der Waals surface area (Å²) in [6, 6.07) is 21.9. The van der Waals surface area contributed by atoms with Crippen LogP contribution in [-0.4, -0.2) is 23.3 Å². The first kappa shape index (κ1) is 19.8. The number of nitrogens with zero attached hydrogens (tertiary/aromatic N) is 1. The van der Waals surface area contributed by atoms with Crippen molar-refractivity contribution in [2.24, 2.45) is 0 Å². The summed E-state index contributed by atoms with van der Waals surface area (Å²) in [7, 11) is 0. The van der Waals surface area contributed by atoms with Gasteiger partial charge in [-0.15, -0.1) is 0 Å². The highest BCUT2D eigenvalue weighted by Crippen LogP contribution is 2.23. The van der Waals surface area contributed by atoms with E-state index in [1.54, 1.807) is 24.3 Å². The van der Waals surface area contributed by atoms with E-state index < -0.39 is 0 Å². The zero-order valence-electron chi connectivity index (χ0n) is 17.4. The van der Waals surface area contributed by atoms with Crippen LogP contribution >= 0.6 is 0 Å². The second-order valence-electron chi connectivity index (χ2n) is 7.85. The molecule has 0 saturated carbocycles. The highest BCUT2D eigenvalue weighted by molar-refractivity contribution is 6.21. The number of imide groups is 1. The van der Waals surface area contributed by atoms with Gasteiger partial charge in [0.1, 0.15) is 0 Å². The van der Waals surface area contributed by atoms with Crippen molar-refractivity contribution in [3.63, 3.8) is 0 Å². The van der Waals surface area contributed by atoms with Crippen LogP contribution < -0.4 is 0 Å². The predicted molar refractivity (Wildman–Crippen MR) is 121 cm³/mol. The van der Waals surface area contributed by atoms with Gasteiger partial charge in [-0.2, -0.15) is 0 Å². The van der Waals surface area contributed by atoms with Gasteiger partial charge in [0, 0.05) is 6.54 Å². The fourth-order valence-corrected chi connectivity index (χ4v) is 3.86. The molecule has 3 aromatic rings. The molecule has 30 heavy (non-hydrogen) atoms. The largest absolute Gasteiger partial charge is 0.274 e. The summed E-state index contributed by atoms with van der Waals surface area (Å²) in [5.74, 6) is -0.360. The number of hydrogen-bond donors (Lipinski definition) is 0. The van der Waals surface area contributed by atoms with Crippen molar-refractivity contribution in [1.82, 2.24) is 4.90 Å². The van der Waals surface area contributed by atoms with Crippen molar-refractivity contribution in [1.29, 1.82) is 0 Å². The standard InChI is InChI=1S/C27H25NO2/c1-19-12-13-20(2)23(17-19)15-14-22-8-5-7-21(18-22)9-6-16-28-26(29)24-10-3-4-11-25(24)27(28)30/h3-5,7-8,10-15,17-18H,6,9,16H2,1-2H3/b15-14+. The van der Waals surface area contributed by atoms with Crippen LogP contribution in [-0.2, 0) is 6.42 Å². The SMILES string of the molecule is Cc1ccc(C)c(/C=C/c2cccc(CCCN3C(=O)c4ccccc4C3=O)c2)c1. The van der Waals surface area contributed by atoms with Gasteiger partial charge in [0.05, 0.1) is 11.1 Å². The van der Waals surface area contributed by atoms with Gasteiger partial charge in [0.2, 0.25) is 0 Å². The summed E-state index contributed by atoms with van der Waals surface area (Å²) in [4.78, 5) is 26.3. The fraction of sp³-hybridized carbons (Fsp3) is 0.185. The molecule has 0 bridgehead atoms. The molecular formula is C27H25NO2. The molecule has 0 aromatic heterocycles. The molecule has 0 unspecified atom stereocenters. The quantitative estimate of drug-likeness (QED) is 0.396. The average molecular weight is 396 g/mol. The highest BCUT2D eigenvalue weighted by Gasteiger charge is 2.34. The van der Waals surface area contributed by atoms with Crippen LogP contribution in [0.1, 0.15) is 55.0 Å². The number of amides is 2. The van der Waals surface area contributed by atoms with E-state index >= 15 is 0 Å². The molecule has 0 radical (unpaired) electrons. The van der Waals surface area contributed by atoms with Crippen molar-refractivity contribution in [2.75, 3.05) is 6.54 Å². The van der Waals surface area contributed by atoms with Gasteiger partial charge >= 0.3 is 0 Å². The summed E-state index contributed by atoms with van der Waals surface area (Å²) in [6.45, 7) is 4.66. The fourth-order valence-electron chi connectivity index (χ4n) is 3.86. The Labute approximate surface area is 177 Å². The maximum atomic E-state index is 12.5. The van der Waals surface area contributed by atoms with Crippen LogP contribution in [0.4, 0.5) is 0 Å². The molecule has 1 heterocycles. The summed E-state index contributed by atoms with van der Waals surface area (Å²) < 4.78 is 0. The Kier molecular flexibility index (Phi) is 5.62. The molecule has 3 nitrogen and oxygen atoms in total. The lowest BCUT2D eigenvalue weighted by Gasteiger charge is -2.13. The van der Waals surface area contributed by atoms with E-state index in [9.17, 15) is 9.59 Å². The third-order valence-electron chi connectivity index (χ3n) is 5.57. The average Bonchev–Trinajstić information content (AvgIpc) is 3.00. The van der Waals surface area contributed by atoms with E-state index in [1.807, 2.05) is 0 Å². The summed E-state index contributed by atoms with van der Waals surface area (Å²) in [6.07, 6.45) is 5.85. The molecule has 3 aromatic carbocycles. The molecule has 0 fully saturated rings. The van der Waals surface area contributed by atoms with E-state index in [0.717, 1.165) is 18.4 Å². The van der Waals surface area contributed by atoms with E-state index in [2.05, 4.69) is 68.5 Å².